The predicted octanol–water partition coefficient (Wildman–Crippen LogP) is 3.69. The van der Waals surface area contributed by atoms with Gasteiger partial charge in [-0.15, -0.1) is 24.0 Å². The Morgan fingerprint density at radius 3 is 2.65 bits per heavy atom. The number of nitrogens with one attached hydrogen (secondary N) is 1. The van der Waals surface area contributed by atoms with Crippen LogP contribution in [0.25, 0.3) is 0 Å². The summed E-state index contributed by atoms with van der Waals surface area (Å²) in [5.41, 5.74) is 7.44. The van der Waals surface area contributed by atoms with Gasteiger partial charge in [-0.05, 0) is 56.5 Å². The number of nitrogens with zero attached hydrogens (tertiary/aromatic N) is 2. The highest BCUT2D eigenvalue weighted by Crippen LogP contribution is 2.28. The van der Waals surface area contributed by atoms with Crippen molar-refractivity contribution in [1.82, 2.24) is 10.2 Å². The predicted molar refractivity (Wildman–Crippen MR) is 118 cm³/mol. The average molecular weight is 472 g/mol. The third-order valence-electron chi connectivity index (χ3n) is 5.45. The van der Waals surface area contributed by atoms with E-state index in [0.29, 0.717) is 18.5 Å². The molecule has 3 rings (SSSR count). The van der Waals surface area contributed by atoms with Gasteiger partial charge in [0.2, 0.25) is 0 Å². The largest absolute Gasteiger partial charge is 0.497 e. The van der Waals surface area contributed by atoms with Crippen molar-refractivity contribution in [2.75, 3.05) is 26.7 Å². The first-order chi connectivity index (χ1) is 12.3. The maximum absolute atomic E-state index is 6.18. The number of aliphatic imine (C=N–C) groups is 1. The van der Waals surface area contributed by atoms with Crippen LogP contribution in [-0.2, 0) is 0 Å². The van der Waals surface area contributed by atoms with E-state index in [1.165, 1.54) is 50.5 Å². The molecule has 3 N–H and O–H groups in total. The molecule has 0 amide bonds. The quantitative estimate of drug-likeness (QED) is 0.377. The summed E-state index contributed by atoms with van der Waals surface area (Å²) < 4.78 is 5.40. The van der Waals surface area contributed by atoms with Gasteiger partial charge in [0.05, 0.1) is 19.7 Å². The number of nitrogens with two attached hydrogens (primary N) is 1. The van der Waals surface area contributed by atoms with Crippen molar-refractivity contribution in [1.29, 1.82) is 0 Å². The minimum Gasteiger partial charge on any atom is -0.497 e. The highest BCUT2D eigenvalue weighted by Gasteiger charge is 2.24. The first kappa shape index (κ1) is 21.3. The highest BCUT2D eigenvalue weighted by molar-refractivity contribution is 14.0. The number of halogens is 1. The van der Waals surface area contributed by atoms with Crippen molar-refractivity contribution >= 4 is 29.9 Å². The first-order valence-electron chi connectivity index (χ1n) is 9.70. The van der Waals surface area contributed by atoms with Gasteiger partial charge in [0.15, 0.2) is 5.96 Å². The SMILES string of the molecule is COc1cccc(C(CN=C(N)NC2CCCCC2)N2CCCC2)c1.I. The number of benzene rings is 1. The molecule has 146 valence electrons. The Labute approximate surface area is 174 Å². The second-order valence-corrected chi connectivity index (χ2v) is 7.24. The van der Waals surface area contributed by atoms with Crippen LogP contribution in [0.5, 0.6) is 5.75 Å². The Bertz CT molecular complexity index is 569. The summed E-state index contributed by atoms with van der Waals surface area (Å²) in [5, 5.41) is 3.42. The molecule has 26 heavy (non-hydrogen) atoms. The topological polar surface area (TPSA) is 62.9 Å². The van der Waals surface area contributed by atoms with E-state index < -0.39 is 0 Å². The molecule has 1 atom stereocenters. The summed E-state index contributed by atoms with van der Waals surface area (Å²) in [4.78, 5) is 7.22. The molecule has 1 aliphatic carbocycles. The zero-order chi connectivity index (χ0) is 17.5. The van der Waals surface area contributed by atoms with Crippen LogP contribution in [0.4, 0.5) is 0 Å². The Morgan fingerprint density at radius 1 is 1.23 bits per heavy atom. The van der Waals surface area contributed by atoms with Crippen molar-refractivity contribution in [2.24, 2.45) is 10.7 Å². The van der Waals surface area contributed by atoms with E-state index in [9.17, 15) is 0 Å². The van der Waals surface area contributed by atoms with E-state index in [1.54, 1.807) is 7.11 Å². The Balaban J connectivity index is 0.00000243. The van der Waals surface area contributed by atoms with Gasteiger partial charge in [-0.2, -0.15) is 0 Å². The van der Waals surface area contributed by atoms with Crippen molar-refractivity contribution in [3.63, 3.8) is 0 Å². The Morgan fingerprint density at radius 2 is 1.96 bits per heavy atom. The molecule has 1 unspecified atom stereocenters. The monoisotopic (exact) mass is 472 g/mol. The molecule has 0 spiro atoms. The van der Waals surface area contributed by atoms with E-state index in [2.05, 4.69) is 28.4 Å². The van der Waals surface area contributed by atoms with Crippen molar-refractivity contribution in [3.05, 3.63) is 29.8 Å². The number of likely N-dealkylation sites (tertiary alicyclic amines) is 1. The molecule has 0 radical (unpaired) electrons. The normalized spacial score (nSPS) is 20.4. The van der Waals surface area contributed by atoms with Gasteiger partial charge in [-0.1, -0.05) is 31.4 Å². The van der Waals surface area contributed by atoms with Crippen molar-refractivity contribution < 1.29 is 4.74 Å². The first-order valence-corrected chi connectivity index (χ1v) is 9.70. The van der Waals surface area contributed by atoms with Crippen LogP contribution in [0.3, 0.4) is 0 Å². The molecule has 1 saturated carbocycles. The fourth-order valence-electron chi connectivity index (χ4n) is 4.02. The van der Waals surface area contributed by atoms with Gasteiger partial charge in [-0.3, -0.25) is 9.89 Å². The van der Waals surface area contributed by atoms with Crippen LogP contribution in [0.2, 0.25) is 0 Å². The molecular weight excluding hydrogens is 439 g/mol. The molecule has 1 aromatic carbocycles. The second-order valence-electron chi connectivity index (χ2n) is 7.24. The third-order valence-corrected chi connectivity index (χ3v) is 5.45. The van der Waals surface area contributed by atoms with E-state index in [4.69, 9.17) is 15.5 Å². The van der Waals surface area contributed by atoms with Crippen LogP contribution in [0, 0.1) is 0 Å². The molecule has 1 aromatic rings. The molecule has 1 aliphatic heterocycles. The summed E-state index contributed by atoms with van der Waals surface area (Å²) >= 11 is 0. The van der Waals surface area contributed by atoms with E-state index in [1.807, 2.05) is 6.07 Å². The zero-order valence-corrected chi connectivity index (χ0v) is 18.2. The maximum atomic E-state index is 6.18. The number of ether oxygens (including phenoxy) is 1. The lowest BCUT2D eigenvalue weighted by Crippen LogP contribution is -2.41. The molecular formula is C20H33IN4O. The van der Waals surface area contributed by atoms with Gasteiger partial charge in [0.1, 0.15) is 5.75 Å². The van der Waals surface area contributed by atoms with Gasteiger partial charge < -0.3 is 15.8 Å². The Hall–Kier alpha value is -1.02. The van der Waals surface area contributed by atoms with Crippen LogP contribution < -0.4 is 15.8 Å². The fraction of sp³-hybridized carbons (Fsp3) is 0.650. The van der Waals surface area contributed by atoms with Gasteiger partial charge in [-0.25, -0.2) is 0 Å². The average Bonchev–Trinajstić information content (AvgIpc) is 3.17. The van der Waals surface area contributed by atoms with Gasteiger partial charge in [0, 0.05) is 6.04 Å². The number of guanidine groups is 1. The number of hydrogen-bond acceptors (Lipinski definition) is 3. The number of hydrogen-bond donors (Lipinski definition) is 2. The molecule has 0 bridgehead atoms. The standard InChI is InChI=1S/C20H32N4O.HI/c1-25-18-11-7-8-16(14-18)19(24-12-5-6-13-24)15-22-20(21)23-17-9-3-2-4-10-17;/h7-8,11,14,17,19H,2-6,9-10,12-13,15H2,1H3,(H3,21,22,23);1H. The van der Waals surface area contributed by atoms with Crippen LogP contribution in [-0.4, -0.2) is 43.6 Å². The third kappa shape index (κ3) is 6.01. The molecule has 0 aromatic heterocycles. The van der Waals surface area contributed by atoms with Crippen LogP contribution in [0.15, 0.2) is 29.3 Å². The summed E-state index contributed by atoms with van der Waals surface area (Å²) in [7, 11) is 1.72. The smallest absolute Gasteiger partial charge is 0.188 e. The molecule has 2 fully saturated rings. The van der Waals surface area contributed by atoms with Crippen molar-refractivity contribution in [2.45, 2.75) is 57.0 Å². The lowest BCUT2D eigenvalue weighted by atomic mass is 9.96. The molecule has 1 heterocycles. The van der Waals surface area contributed by atoms with E-state index in [0.717, 1.165) is 18.8 Å². The minimum atomic E-state index is 0. The summed E-state index contributed by atoms with van der Waals surface area (Å²) in [6.45, 7) is 2.96. The lowest BCUT2D eigenvalue weighted by molar-refractivity contribution is 0.251. The summed E-state index contributed by atoms with van der Waals surface area (Å²) in [6.07, 6.45) is 8.89. The number of rotatable bonds is 6. The fourth-order valence-corrected chi connectivity index (χ4v) is 4.02. The maximum Gasteiger partial charge on any atom is 0.188 e. The van der Waals surface area contributed by atoms with Crippen molar-refractivity contribution in [3.8, 4) is 5.75 Å². The molecule has 5 nitrogen and oxygen atoms in total. The molecule has 6 heteroatoms. The number of methoxy groups -OCH3 is 1. The highest BCUT2D eigenvalue weighted by atomic mass is 127. The van der Waals surface area contributed by atoms with Gasteiger partial charge in [0.25, 0.3) is 0 Å². The Kier molecular flexibility index (Phi) is 8.98. The minimum absolute atomic E-state index is 0. The zero-order valence-electron chi connectivity index (χ0n) is 15.8. The lowest BCUT2D eigenvalue weighted by Gasteiger charge is -2.27. The van der Waals surface area contributed by atoms with Crippen LogP contribution >= 0.6 is 24.0 Å². The molecule has 1 saturated heterocycles. The van der Waals surface area contributed by atoms with E-state index in [-0.39, 0.29) is 30.0 Å². The summed E-state index contributed by atoms with van der Waals surface area (Å²) in [6, 6.07) is 9.12. The molecule has 2 aliphatic rings. The van der Waals surface area contributed by atoms with Crippen LogP contribution in [0.1, 0.15) is 56.6 Å². The summed E-state index contributed by atoms with van der Waals surface area (Å²) in [5.74, 6) is 1.50. The van der Waals surface area contributed by atoms with Gasteiger partial charge >= 0.3 is 0 Å². The van der Waals surface area contributed by atoms with E-state index >= 15 is 0 Å². The second kappa shape index (κ2) is 11.0.